The van der Waals surface area contributed by atoms with Gasteiger partial charge in [-0.15, -0.1) is 0 Å². The second-order valence-electron chi connectivity index (χ2n) is 7.65. The molecule has 26 heavy (non-hydrogen) atoms. The van der Waals surface area contributed by atoms with Gasteiger partial charge in [-0.05, 0) is 6.42 Å². The standard InChI is InChI=1S/C21H44O3S.Na.H/c1-2-3-4-5-6-7-8-9-10-11-12-13-14-15-16-17-18-19-20-21-25(22,23)24;;/h2-21H2,1H3,(H,22,23,24);;/q;+1;-1. The summed E-state index contributed by atoms with van der Waals surface area (Å²) < 4.78 is 29.8. The third-order valence-corrected chi connectivity index (χ3v) is 5.81. The Hall–Kier alpha value is 0.910. The average molecular weight is 401 g/mol. The van der Waals surface area contributed by atoms with E-state index in [1.165, 1.54) is 103 Å². The van der Waals surface area contributed by atoms with Gasteiger partial charge < -0.3 is 1.43 Å². The predicted octanol–water partition coefficient (Wildman–Crippen LogP) is 4.42. The summed E-state index contributed by atoms with van der Waals surface area (Å²) >= 11 is 0. The van der Waals surface area contributed by atoms with Crippen molar-refractivity contribution in [1.29, 1.82) is 0 Å². The fourth-order valence-corrected chi connectivity index (χ4v) is 3.93. The monoisotopic (exact) mass is 400 g/mol. The Morgan fingerprint density at radius 2 is 0.769 bits per heavy atom. The van der Waals surface area contributed by atoms with E-state index in [9.17, 15) is 8.42 Å². The van der Waals surface area contributed by atoms with Crippen LogP contribution in [0.4, 0.5) is 0 Å². The molecule has 0 radical (unpaired) electrons. The van der Waals surface area contributed by atoms with Gasteiger partial charge in [0.25, 0.3) is 10.1 Å². The van der Waals surface area contributed by atoms with E-state index in [1.807, 2.05) is 0 Å². The molecule has 154 valence electrons. The molecule has 0 aliphatic carbocycles. The van der Waals surface area contributed by atoms with Crippen molar-refractivity contribution < 1.29 is 44.0 Å². The van der Waals surface area contributed by atoms with Crippen LogP contribution in [0, 0.1) is 0 Å². The van der Waals surface area contributed by atoms with Gasteiger partial charge in [-0.25, -0.2) is 0 Å². The van der Waals surface area contributed by atoms with Gasteiger partial charge >= 0.3 is 29.6 Å². The van der Waals surface area contributed by atoms with Crippen LogP contribution in [0.3, 0.4) is 0 Å². The third-order valence-electron chi connectivity index (χ3n) is 5.01. The van der Waals surface area contributed by atoms with Crippen molar-refractivity contribution in [3.05, 3.63) is 0 Å². The van der Waals surface area contributed by atoms with Gasteiger partial charge in [-0.2, -0.15) is 8.42 Å². The molecule has 0 fully saturated rings. The van der Waals surface area contributed by atoms with E-state index in [4.69, 9.17) is 4.55 Å². The Morgan fingerprint density at radius 1 is 0.538 bits per heavy atom. The third kappa shape index (κ3) is 27.1. The van der Waals surface area contributed by atoms with E-state index in [0.717, 1.165) is 12.8 Å². The Kier molecular flexibility index (Phi) is 24.9. The van der Waals surface area contributed by atoms with E-state index in [0.29, 0.717) is 6.42 Å². The molecular weight excluding hydrogens is 355 g/mol. The number of hydrogen-bond acceptors (Lipinski definition) is 2. The molecule has 3 nitrogen and oxygen atoms in total. The maximum Gasteiger partial charge on any atom is 1.00 e. The molecule has 0 aromatic heterocycles. The van der Waals surface area contributed by atoms with Crippen LogP contribution in [-0.2, 0) is 10.1 Å². The summed E-state index contributed by atoms with van der Waals surface area (Å²) in [7, 11) is -3.75. The van der Waals surface area contributed by atoms with E-state index >= 15 is 0 Å². The van der Waals surface area contributed by atoms with Crippen molar-refractivity contribution in [3.8, 4) is 0 Å². The van der Waals surface area contributed by atoms with Crippen molar-refractivity contribution in [2.45, 2.75) is 129 Å². The second kappa shape index (κ2) is 22.2. The van der Waals surface area contributed by atoms with Gasteiger partial charge in [0.1, 0.15) is 0 Å². The van der Waals surface area contributed by atoms with Crippen molar-refractivity contribution >= 4 is 10.1 Å². The second-order valence-corrected chi connectivity index (χ2v) is 9.22. The quantitative estimate of drug-likeness (QED) is 0.187. The Bertz CT molecular complexity index is 364. The van der Waals surface area contributed by atoms with E-state index in [1.54, 1.807) is 0 Å². The van der Waals surface area contributed by atoms with Crippen LogP contribution >= 0.6 is 0 Å². The van der Waals surface area contributed by atoms with Crippen LogP contribution in [0.15, 0.2) is 0 Å². The molecule has 0 saturated heterocycles. The zero-order chi connectivity index (χ0) is 18.6. The molecule has 0 aromatic carbocycles. The minimum atomic E-state index is -3.75. The van der Waals surface area contributed by atoms with Gasteiger partial charge in [0.2, 0.25) is 0 Å². The summed E-state index contributed by atoms with van der Waals surface area (Å²) in [5.74, 6) is -0.0775. The Morgan fingerprint density at radius 3 is 1.00 bits per heavy atom. The van der Waals surface area contributed by atoms with Gasteiger partial charge in [0, 0.05) is 0 Å². The predicted molar refractivity (Wildman–Crippen MR) is 111 cm³/mol. The average Bonchev–Trinajstić information content (AvgIpc) is 2.56. The molecule has 0 heterocycles. The molecule has 0 rings (SSSR count). The van der Waals surface area contributed by atoms with Gasteiger partial charge in [-0.1, -0.05) is 122 Å². The molecule has 5 heteroatoms. The molecule has 0 bridgehead atoms. The molecule has 0 unspecified atom stereocenters. The minimum Gasteiger partial charge on any atom is -1.00 e. The number of hydrogen-bond donors (Lipinski definition) is 1. The summed E-state index contributed by atoms with van der Waals surface area (Å²) in [4.78, 5) is 0. The summed E-state index contributed by atoms with van der Waals surface area (Å²) in [5.41, 5.74) is 0. The first-order chi connectivity index (χ1) is 12.1. The van der Waals surface area contributed by atoms with Gasteiger partial charge in [0.15, 0.2) is 0 Å². The number of unbranched alkanes of at least 4 members (excludes halogenated alkanes) is 18. The van der Waals surface area contributed by atoms with Gasteiger partial charge in [0.05, 0.1) is 5.75 Å². The fourth-order valence-electron chi connectivity index (χ4n) is 3.36. The maximum atomic E-state index is 10.6. The molecule has 0 aromatic rings. The van der Waals surface area contributed by atoms with Crippen LogP contribution < -0.4 is 29.6 Å². The van der Waals surface area contributed by atoms with Crippen molar-refractivity contribution in [2.75, 3.05) is 5.75 Å². The van der Waals surface area contributed by atoms with Crippen molar-refractivity contribution in [2.24, 2.45) is 0 Å². The summed E-state index contributed by atoms with van der Waals surface area (Å²) in [5, 5.41) is 0. The zero-order valence-corrected chi connectivity index (χ0v) is 20.6. The summed E-state index contributed by atoms with van der Waals surface area (Å²) in [6.45, 7) is 2.27. The topological polar surface area (TPSA) is 54.4 Å². The molecule has 0 aliphatic heterocycles. The largest absolute Gasteiger partial charge is 1.00 e. The van der Waals surface area contributed by atoms with Crippen molar-refractivity contribution in [3.63, 3.8) is 0 Å². The minimum absolute atomic E-state index is 0. The molecule has 1 N–H and O–H groups in total. The first-order valence-corrected chi connectivity index (χ1v) is 12.6. The normalized spacial score (nSPS) is 11.5. The SMILES string of the molecule is CCCCCCCCCCCCCCCCCCCCCS(=O)(=O)O.[H-].[Na+]. The van der Waals surface area contributed by atoms with Crippen LogP contribution in [0.2, 0.25) is 0 Å². The fraction of sp³-hybridized carbons (Fsp3) is 1.00. The van der Waals surface area contributed by atoms with Gasteiger partial charge in [-0.3, -0.25) is 4.55 Å². The molecule has 0 spiro atoms. The van der Waals surface area contributed by atoms with Crippen LogP contribution in [0.1, 0.15) is 130 Å². The first kappa shape index (κ1) is 29.1. The molecule has 0 aliphatic rings. The Balaban J connectivity index is -0.00000288. The molecule has 0 atom stereocenters. The van der Waals surface area contributed by atoms with Crippen LogP contribution in [0.25, 0.3) is 0 Å². The van der Waals surface area contributed by atoms with E-state index in [-0.39, 0.29) is 36.7 Å². The molecule has 0 saturated carbocycles. The maximum absolute atomic E-state index is 10.6. The summed E-state index contributed by atoms with van der Waals surface area (Å²) in [6, 6.07) is 0. The molecule has 0 amide bonds. The zero-order valence-electron chi connectivity index (χ0n) is 18.8. The number of rotatable bonds is 20. The summed E-state index contributed by atoms with van der Waals surface area (Å²) in [6.07, 6.45) is 24.7. The van der Waals surface area contributed by atoms with Crippen LogP contribution in [0.5, 0.6) is 0 Å². The van der Waals surface area contributed by atoms with Crippen LogP contribution in [-0.4, -0.2) is 18.7 Å². The molecular formula is C21H45NaO3S. The smallest absolute Gasteiger partial charge is 1.00 e. The van der Waals surface area contributed by atoms with E-state index < -0.39 is 10.1 Å². The van der Waals surface area contributed by atoms with Crippen molar-refractivity contribution in [1.82, 2.24) is 0 Å². The Labute approximate surface area is 188 Å². The first-order valence-electron chi connectivity index (χ1n) is 11.0. The van der Waals surface area contributed by atoms with E-state index in [2.05, 4.69) is 6.92 Å².